The van der Waals surface area contributed by atoms with E-state index >= 15 is 0 Å². The Kier molecular flexibility index (Phi) is 4.75. The summed E-state index contributed by atoms with van der Waals surface area (Å²) in [6.45, 7) is 0. The summed E-state index contributed by atoms with van der Waals surface area (Å²) in [5.74, 6) is -1.19. The smallest absolute Gasteiger partial charge is 0.363 e. The number of ether oxygens (including phenoxy) is 1. The zero-order chi connectivity index (χ0) is 12.0. The van der Waals surface area contributed by atoms with Gasteiger partial charge >= 0.3 is 5.97 Å². The van der Waals surface area contributed by atoms with Crippen LogP contribution in [0.1, 0.15) is 32.1 Å². The van der Waals surface area contributed by atoms with Gasteiger partial charge in [0.2, 0.25) is 5.71 Å². The Morgan fingerprint density at radius 2 is 2.00 bits per heavy atom. The SMILES string of the molecule is COC(=O)C(=NOC1CCCCC1)C(=N)N. The second-order valence-electron chi connectivity index (χ2n) is 3.71. The number of carbonyl (C=O) groups excluding carboxylic acids is 1. The lowest BCUT2D eigenvalue weighted by molar-refractivity contribution is -0.132. The Bertz CT molecular complexity index is 296. The summed E-state index contributed by atoms with van der Waals surface area (Å²) in [5, 5.41) is 10.8. The Morgan fingerprint density at radius 1 is 1.38 bits per heavy atom. The lowest BCUT2D eigenvalue weighted by atomic mass is 9.98. The summed E-state index contributed by atoms with van der Waals surface area (Å²) in [6, 6.07) is 0. The molecule has 6 nitrogen and oxygen atoms in total. The zero-order valence-electron chi connectivity index (χ0n) is 9.36. The molecule has 6 heteroatoms. The van der Waals surface area contributed by atoms with E-state index in [1.165, 1.54) is 13.5 Å². The van der Waals surface area contributed by atoms with Crippen LogP contribution in [0.25, 0.3) is 0 Å². The molecule has 0 saturated heterocycles. The fourth-order valence-electron chi connectivity index (χ4n) is 1.59. The van der Waals surface area contributed by atoms with Crippen molar-refractivity contribution < 1.29 is 14.4 Å². The summed E-state index contributed by atoms with van der Waals surface area (Å²) < 4.78 is 4.44. The Labute approximate surface area is 94.3 Å². The highest BCUT2D eigenvalue weighted by molar-refractivity contribution is 6.64. The third-order valence-corrected chi connectivity index (χ3v) is 2.48. The molecule has 1 fully saturated rings. The topological polar surface area (TPSA) is 97.8 Å². The summed E-state index contributed by atoms with van der Waals surface area (Å²) >= 11 is 0. The molecule has 0 atom stereocenters. The van der Waals surface area contributed by atoms with E-state index in [-0.39, 0.29) is 11.8 Å². The fourth-order valence-corrected chi connectivity index (χ4v) is 1.59. The van der Waals surface area contributed by atoms with Crippen molar-refractivity contribution in [2.45, 2.75) is 38.2 Å². The first-order chi connectivity index (χ1) is 7.65. The van der Waals surface area contributed by atoms with Crippen molar-refractivity contribution in [3.05, 3.63) is 0 Å². The number of nitrogens with two attached hydrogens (primary N) is 1. The maximum absolute atomic E-state index is 11.2. The first kappa shape index (κ1) is 12.5. The van der Waals surface area contributed by atoms with Crippen LogP contribution in [0, 0.1) is 5.41 Å². The second kappa shape index (κ2) is 6.09. The minimum absolute atomic E-state index is 0.0211. The number of oxime groups is 1. The predicted molar refractivity (Wildman–Crippen MR) is 59.3 cm³/mol. The van der Waals surface area contributed by atoms with Crippen LogP contribution in [-0.2, 0) is 14.4 Å². The van der Waals surface area contributed by atoms with Crippen molar-refractivity contribution in [1.82, 2.24) is 0 Å². The summed E-state index contributed by atoms with van der Waals surface area (Å²) in [4.78, 5) is 16.4. The van der Waals surface area contributed by atoms with Crippen LogP contribution in [0.2, 0.25) is 0 Å². The van der Waals surface area contributed by atoms with Gasteiger partial charge in [0.1, 0.15) is 6.10 Å². The van der Waals surface area contributed by atoms with E-state index in [9.17, 15) is 4.79 Å². The molecule has 16 heavy (non-hydrogen) atoms. The van der Waals surface area contributed by atoms with E-state index in [0.29, 0.717) is 0 Å². The Morgan fingerprint density at radius 3 is 2.50 bits per heavy atom. The van der Waals surface area contributed by atoms with Gasteiger partial charge in [0.05, 0.1) is 7.11 Å². The molecule has 0 aromatic rings. The summed E-state index contributed by atoms with van der Waals surface area (Å²) in [5.41, 5.74) is 4.93. The van der Waals surface area contributed by atoms with Crippen LogP contribution in [0.5, 0.6) is 0 Å². The van der Waals surface area contributed by atoms with Gasteiger partial charge in [-0.05, 0) is 25.7 Å². The third kappa shape index (κ3) is 3.52. The van der Waals surface area contributed by atoms with Gasteiger partial charge in [-0.2, -0.15) is 0 Å². The van der Waals surface area contributed by atoms with Crippen LogP contribution in [-0.4, -0.2) is 30.7 Å². The standard InChI is InChI=1S/C10H17N3O3/c1-15-10(14)8(9(11)12)13-16-7-5-3-2-4-6-7/h7H,2-6H2,1H3,(H3,11,12). The molecule has 1 aliphatic rings. The van der Waals surface area contributed by atoms with E-state index in [0.717, 1.165) is 25.7 Å². The van der Waals surface area contributed by atoms with Gasteiger partial charge in [-0.15, -0.1) is 0 Å². The van der Waals surface area contributed by atoms with Gasteiger partial charge in [-0.1, -0.05) is 11.6 Å². The molecular weight excluding hydrogens is 210 g/mol. The number of methoxy groups -OCH3 is 1. The minimum Gasteiger partial charge on any atom is -0.464 e. The average Bonchev–Trinajstić information content (AvgIpc) is 2.30. The number of hydrogen-bond donors (Lipinski definition) is 2. The largest absolute Gasteiger partial charge is 0.464 e. The van der Waals surface area contributed by atoms with E-state index in [2.05, 4.69) is 9.89 Å². The first-order valence-electron chi connectivity index (χ1n) is 5.31. The van der Waals surface area contributed by atoms with Crippen LogP contribution in [0.3, 0.4) is 0 Å². The molecule has 0 spiro atoms. The molecule has 1 aliphatic carbocycles. The van der Waals surface area contributed by atoms with Gasteiger partial charge in [0, 0.05) is 0 Å². The van der Waals surface area contributed by atoms with Crippen molar-refractivity contribution in [3.63, 3.8) is 0 Å². The van der Waals surface area contributed by atoms with E-state index < -0.39 is 11.8 Å². The molecule has 90 valence electrons. The molecule has 0 unspecified atom stereocenters. The van der Waals surface area contributed by atoms with Crippen LogP contribution >= 0.6 is 0 Å². The summed E-state index contributed by atoms with van der Waals surface area (Å²) in [6.07, 6.45) is 5.29. The minimum atomic E-state index is -0.747. The molecule has 0 aliphatic heterocycles. The van der Waals surface area contributed by atoms with Crippen molar-refractivity contribution in [3.8, 4) is 0 Å². The molecular formula is C10H17N3O3. The maximum atomic E-state index is 11.2. The van der Waals surface area contributed by atoms with Gasteiger partial charge in [0.25, 0.3) is 0 Å². The van der Waals surface area contributed by atoms with Gasteiger partial charge in [0.15, 0.2) is 5.84 Å². The number of nitrogens with one attached hydrogen (secondary N) is 1. The number of amidine groups is 1. The molecule has 0 amide bonds. The van der Waals surface area contributed by atoms with Gasteiger partial charge in [-0.25, -0.2) is 4.79 Å². The molecule has 3 N–H and O–H groups in total. The Hall–Kier alpha value is -1.59. The second-order valence-corrected chi connectivity index (χ2v) is 3.71. The quantitative estimate of drug-likeness (QED) is 0.321. The molecule has 1 saturated carbocycles. The van der Waals surface area contributed by atoms with Crippen molar-refractivity contribution >= 4 is 17.5 Å². The normalized spacial score (nSPS) is 17.9. The highest BCUT2D eigenvalue weighted by Crippen LogP contribution is 2.20. The monoisotopic (exact) mass is 227 g/mol. The van der Waals surface area contributed by atoms with Crippen LogP contribution in [0.15, 0.2) is 5.16 Å². The first-order valence-corrected chi connectivity index (χ1v) is 5.31. The average molecular weight is 227 g/mol. The molecule has 0 heterocycles. The zero-order valence-corrected chi connectivity index (χ0v) is 9.36. The fraction of sp³-hybridized carbons (Fsp3) is 0.700. The highest BCUT2D eigenvalue weighted by Gasteiger charge is 2.19. The molecule has 0 radical (unpaired) electrons. The Balaban J connectivity index is 2.56. The van der Waals surface area contributed by atoms with Crippen molar-refractivity contribution in [2.24, 2.45) is 10.9 Å². The number of hydrogen-bond acceptors (Lipinski definition) is 5. The molecule has 1 rings (SSSR count). The van der Waals surface area contributed by atoms with Crippen LogP contribution < -0.4 is 5.73 Å². The maximum Gasteiger partial charge on any atom is 0.363 e. The van der Waals surface area contributed by atoms with Crippen molar-refractivity contribution in [2.75, 3.05) is 7.11 Å². The van der Waals surface area contributed by atoms with Gasteiger partial charge < -0.3 is 15.3 Å². The van der Waals surface area contributed by atoms with Gasteiger partial charge in [-0.3, -0.25) is 5.41 Å². The lowest BCUT2D eigenvalue weighted by Gasteiger charge is -2.19. The number of esters is 1. The van der Waals surface area contributed by atoms with E-state index in [1.54, 1.807) is 0 Å². The number of carbonyl (C=O) groups is 1. The molecule has 0 aromatic heterocycles. The highest BCUT2D eigenvalue weighted by atomic mass is 16.6. The summed E-state index contributed by atoms with van der Waals surface area (Å²) in [7, 11) is 1.21. The third-order valence-electron chi connectivity index (χ3n) is 2.48. The number of rotatable bonds is 4. The number of nitrogens with zero attached hydrogens (tertiary/aromatic N) is 1. The van der Waals surface area contributed by atoms with Crippen LogP contribution in [0.4, 0.5) is 0 Å². The molecule has 0 aromatic carbocycles. The van der Waals surface area contributed by atoms with E-state index in [4.69, 9.17) is 16.0 Å². The van der Waals surface area contributed by atoms with E-state index in [1.807, 2.05) is 0 Å². The predicted octanol–water partition coefficient (Wildman–Crippen LogP) is 0.801. The lowest BCUT2D eigenvalue weighted by Crippen LogP contribution is -2.32. The van der Waals surface area contributed by atoms with Crippen molar-refractivity contribution in [1.29, 1.82) is 5.41 Å². The molecule has 0 bridgehead atoms.